The van der Waals surface area contributed by atoms with Gasteiger partial charge in [-0.2, -0.15) is 0 Å². The van der Waals surface area contributed by atoms with Crippen LogP contribution < -0.4 is 14.8 Å². The van der Waals surface area contributed by atoms with Crippen molar-refractivity contribution in [1.82, 2.24) is 4.90 Å². The van der Waals surface area contributed by atoms with E-state index in [-0.39, 0.29) is 45.1 Å². The molecule has 2 aromatic carbocycles. The fourth-order valence-corrected chi connectivity index (χ4v) is 4.63. The summed E-state index contributed by atoms with van der Waals surface area (Å²) in [5, 5.41) is 20.5. The summed E-state index contributed by atoms with van der Waals surface area (Å²) in [6.07, 6.45) is 3.47. The molecule has 266 valence electrons. The maximum Gasteiger partial charge on any atom is 0.330 e. The third kappa shape index (κ3) is 13.1. The average molecular weight is 685 g/mol. The Balaban J connectivity index is 0.000000348. The molecule has 3 rings (SSSR count). The van der Waals surface area contributed by atoms with Crippen LogP contribution in [0.3, 0.4) is 0 Å². The number of hydrogen-bond donors (Lipinski definition) is 3. The Morgan fingerprint density at radius 3 is 2.27 bits per heavy atom. The van der Waals surface area contributed by atoms with Gasteiger partial charge in [0.05, 0.1) is 39.3 Å². The van der Waals surface area contributed by atoms with E-state index in [1.165, 1.54) is 19.4 Å². The Morgan fingerprint density at radius 2 is 1.65 bits per heavy atom. The molecule has 1 aliphatic heterocycles. The number of carbonyl (C=O) groups excluding carboxylic acids is 4. The first-order chi connectivity index (χ1) is 23.2. The molecule has 1 aliphatic rings. The van der Waals surface area contributed by atoms with Crippen LogP contribution in [-0.2, 0) is 51.1 Å². The van der Waals surface area contributed by atoms with E-state index in [9.17, 15) is 28.8 Å². The van der Waals surface area contributed by atoms with Gasteiger partial charge in [0.25, 0.3) is 5.91 Å². The Kier molecular flexibility index (Phi) is 15.9. The topological polar surface area (TPSA) is 195 Å². The minimum atomic E-state index is -1.27. The first kappa shape index (κ1) is 39.9. The van der Waals surface area contributed by atoms with E-state index < -0.39 is 41.1 Å². The molecular formula is C35H44N2O12. The third-order valence-corrected chi connectivity index (χ3v) is 7.38. The van der Waals surface area contributed by atoms with Gasteiger partial charge in [-0.1, -0.05) is 24.8 Å². The zero-order chi connectivity index (χ0) is 36.6. The van der Waals surface area contributed by atoms with Gasteiger partial charge in [-0.05, 0) is 68.5 Å². The molecule has 14 heteroatoms. The van der Waals surface area contributed by atoms with Gasteiger partial charge in [-0.3, -0.25) is 19.2 Å². The minimum absolute atomic E-state index is 0.0179. The number of morpholine rings is 1. The molecule has 0 saturated carbocycles. The molecule has 14 nitrogen and oxygen atoms in total. The number of carboxylic acids is 2. The number of anilines is 1. The van der Waals surface area contributed by atoms with Crippen LogP contribution in [0.4, 0.5) is 5.69 Å². The number of aryl methyl sites for hydroxylation is 2. The van der Waals surface area contributed by atoms with Gasteiger partial charge in [0.2, 0.25) is 11.7 Å². The number of nitrogens with zero attached hydrogens (tertiary/aromatic N) is 1. The van der Waals surface area contributed by atoms with Crippen LogP contribution in [0.5, 0.6) is 11.5 Å². The number of methoxy groups -OCH3 is 2. The quantitative estimate of drug-likeness (QED) is 0.133. The summed E-state index contributed by atoms with van der Waals surface area (Å²) >= 11 is 0. The number of rotatable bonds is 16. The van der Waals surface area contributed by atoms with Crippen molar-refractivity contribution < 1.29 is 57.9 Å². The van der Waals surface area contributed by atoms with Crippen molar-refractivity contribution in [2.75, 3.05) is 45.9 Å². The highest BCUT2D eigenvalue weighted by molar-refractivity contribution is 6.38. The first-order valence-electron chi connectivity index (χ1n) is 15.5. The van der Waals surface area contributed by atoms with E-state index in [0.29, 0.717) is 11.4 Å². The molecule has 49 heavy (non-hydrogen) atoms. The number of carboxylic acid groups (broad SMARTS) is 2. The molecule has 0 aromatic heterocycles. The van der Waals surface area contributed by atoms with Gasteiger partial charge in [-0.15, -0.1) is 0 Å². The van der Waals surface area contributed by atoms with E-state index in [4.69, 9.17) is 29.2 Å². The summed E-state index contributed by atoms with van der Waals surface area (Å²) in [6.45, 7) is 5.83. The maximum atomic E-state index is 12.3. The van der Waals surface area contributed by atoms with E-state index in [1.807, 2.05) is 36.4 Å². The van der Waals surface area contributed by atoms with Crippen LogP contribution in [-0.4, -0.2) is 97.2 Å². The van der Waals surface area contributed by atoms with Crippen LogP contribution in [0.25, 0.3) is 0 Å². The van der Waals surface area contributed by atoms with Crippen LogP contribution in [0.2, 0.25) is 0 Å². The summed E-state index contributed by atoms with van der Waals surface area (Å²) in [5.74, 6) is -3.52. The lowest BCUT2D eigenvalue weighted by Crippen LogP contribution is -2.56. The molecule has 1 unspecified atom stereocenters. The number of benzene rings is 2. The number of Topliss-reactive ketones (excluding diaryl/α,β-unsaturated/α-hetero) is 1. The van der Waals surface area contributed by atoms with E-state index in [0.717, 1.165) is 41.6 Å². The van der Waals surface area contributed by atoms with Gasteiger partial charge in [0.1, 0.15) is 6.61 Å². The van der Waals surface area contributed by atoms with Crippen molar-refractivity contribution in [3.8, 4) is 11.5 Å². The number of aliphatic carboxylic acids is 2. The standard InChI is InChI=1S/C21H25NO5.C14H19NO7/c1-26-18-10-9-16(14-19(18)27-2)6-3-5-15-7-4-8-17(13-15)22-20(23)11-12-21(24)25;1-4-10(16)22-8-14(2,3)11(17)12(18)15-5-6-21-7-9(15)13(19)20/h4,7-10,13-14H,3,5-6,11-12H2,1-2H3,(H,22,23)(H,24,25);4,9H,1,5-8H2,2-3H3,(H,19,20). The molecule has 1 saturated heterocycles. The van der Waals surface area contributed by atoms with E-state index in [2.05, 4.69) is 11.9 Å². The third-order valence-electron chi connectivity index (χ3n) is 7.38. The number of ketones is 1. The molecule has 0 radical (unpaired) electrons. The molecule has 1 atom stereocenters. The fourth-order valence-electron chi connectivity index (χ4n) is 4.63. The summed E-state index contributed by atoms with van der Waals surface area (Å²) < 4.78 is 20.4. The second kappa shape index (κ2) is 19.5. The Morgan fingerprint density at radius 1 is 0.980 bits per heavy atom. The summed E-state index contributed by atoms with van der Waals surface area (Å²) in [7, 11) is 3.24. The highest BCUT2D eigenvalue weighted by Crippen LogP contribution is 2.28. The van der Waals surface area contributed by atoms with Crippen molar-refractivity contribution in [3.05, 3.63) is 66.2 Å². The van der Waals surface area contributed by atoms with Gasteiger partial charge < -0.3 is 39.4 Å². The van der Waals surface area contributed by atoms with Crippen LogP contribution in [0.15, 0.2) is 55.1 Å². The lowest BCUT2D eigenvalue weighted by Gasteiger charge is -2.34. The van der Waals surface area contributed by atoms with E-state index >= 15 is 0 Å². The Labute approximate surface area is 285 Å². The molecule has 0 bridgehead atoms. The number of esters is 1. The zero-order valence-electron chi connectivity index (χ0n) is 28.2. The van der Waals surface area contributed by atoms with Crippen LogP contribution in [0.1, 0.15) is 44.2 Å². The van der Waals surface area contributed by atoms with Gasteiger partial charge >= 0.3 is 17.9 Å². The number of hydrogen-bond acceptors (Lipinski definition) is 10. The monoisotopic (exact) mass is 684 g/mol. The van der Waals surface area contributed by atoms with Gasteiger partial charge in [0.15, 0.2) is 17.5 Å². The Bertz CT molecular complexity index is 1500. The van der Waals surface area contributed by atoms with Crippen molar-refractivity contribution in [2.45, 2.75) is 52.0 Å². The van der Waals surface area contributed by atoms with Crippen molar-refractivity contribution >= 4 is 41.2 Å². The predicted molar refractivity (Wildman–Crippen MR) is 177 cm³/mol. The van der Waals surface area contributed by atoms with Crippen molar-refractivity contribution in [3.63, 3.8) is 0 Å². The summed E-state index contributed by atoms with van der Waals surface area (Å²) in [6, 6.07) is 12.3. The maximum absolute atomic E-state index is 12.3. The second-order valence-corrected chi connectivity index (χ2v) is 11.6. The number of nitrogens with one attached hydrogen (secondary N) is 1. The smallest absolute Gasteiger partial charge is 0.330 e. The molecule has 1 heterocycles. The largest absolute Gasteiger partial charge is 0.493 e. The van der Waals surface area contributed by atoms with Crippen molar-refractivity contribution in [2.24, 2.45) is 5.41 Å². The summed E-state index contributed by atoms with van der Waals surface area (Å²) in [5.41, 5.74) is 1.71. The highest BCUT2D eigenvalue weighted by Gasteiger charge is 2.41. The zero-order valence-corrected chi connectivity index (χ0v) is 28.2. The minimum Gasteiger partial charge on any atom is -0.493 e. The predicted octanol–water partition coefficient (Wildman–Crippen LogP) is 3.31. The number of ether oxygens (including phenoxy) is 4. The van der Waals surface area contributed by atoms with Crippen molar-refractivity contribution in [1.29, 1.82) is 0 Å². The molecule has 2 amide bonds. The summed E-state index contributed by atoms with van der Waals surface area (Å²) in [4.78, 5) is 70.0. The number of amides is 2. The second-order valence-electron chi connectivity index (χ2n) is 11.6. The molecule has 2 aromatic rings. The fraction of sp³-hybridized carbons (Fsp3) is 0.429. The normalized spacial score (nSPS) is 14.0. The van der Waals surface area contributed by atoms with E-state index in [1.54, 1.807) is 20.3 Å². The number of carbonyl (C=O) groups is 6. The molecule has 3 N–H and O–H groups in total. The molecule has 1 fully saturated rings. The SMILES string of the molecule is C=CC(=O)OCC(C)(C)C(=O)C(=O)N1CCOCC1C(=O)O.COc1ccc(CCCc2cccc(NC(=O)CCC(=O)O)c2)cc1OC. The van der Waals surface area contributed by atoms with Crippen LogP contribution in [0, 0.1) is 5.41 Å². The lowest BCUT2D eigenvalue weighted by molar-refractivity contribution is -0.164. The van der Waals surface area contributed by atoms with Crippen LogP contribution >= 0.6 is 0 Å². The molecule has 0 aliphatic carbocycles. The Hall–Kier alpha value is -5.24. The first-order valence-corrected chi connectivity index (χ1v) is 15.5. The highest BCUT2D eigenvalue weighted by atomic mass is 16.5. The molecule has 0 spiro atoms. The lowest BCUT2D eigenvalue weighted by atomic mass is 9.88. The molecular weight excluding hydrogens is 640 g/mol. The van der Waals surface area contributed by atoms with Gasteiger partial charge in [0, 0.05) is 24.7 Å². The average Bonchev–Trinajstić information content (AvgIpc) is 3.09. The van der Waals surface area contributed by atoms with Gasteiger partial charge in [-0.25, -0.2) is 9.59 Å².